The fraction of sp³-hybridized carbons (Fsp3) is 0.217. The molecule has 0 saturated carbocycles. The minimum absolute atomic E-state index is 0.189. The number of H-pyrrole nitrogens is 1. The fourth-order valence-corrected chi connectivity index (χ4v) is 3.66. The van der Waals surface area contributed by atoms with E-state index in [9.17, 15) is 4.79 Å². The van der Waals surface area contributed by atoms with Crippen molar-refractivity contribution in [2.24, 2.45) is 0 Å². The van der Waals surface area contributed by atoms with Gasteiger partial charge in [0.2, 0.25) is 11.9 Å². The molecule has 0 aliphatic carbocycles. The maximum Gasteiger partial charge on any atom is 0.256 e. The maximum atomic E-state index is 12.7. The van der Waals surface area contributed by atoms with Gasteiger partial charge in [-0.25, -0.2) is 15.0 Å². The largest absolute Gasteiger partial charge is 0.492 e. The molecule has 0 fully saturated rings. The average Bonchev–Trinajstić information content (AvgIpc) is 2.73. The van der Waals surface area contributed by atoms with Crippen LogP contribution in [0.4, 0.5) is 11.9 Å². The van der Waals surface area contributed by atoms with Gasteiger partial charge in [0.05, 0.1) is 18.0 Å². The van der Waals surface area contributed by atoms with Crippen LogP contribution in [0.25, 0.3) is 10.9 Å². The monoisotopic (exact) mass is 479 g/mol. The van der Waals surface area contributed by atoms with E-state index in [4.69, 9.17) is 4.74 Å². The summed E-state index contributed by atoms with van der Waals surface area (Å²) >= 11 is 3.43. The molecule has 0 aliphatic rings. The van der Waals surface area contributed by atoms with E-state index in [2.05, 4.69) is 41.2 Å². The fourth-order valence-electron chi connectivity index (χ4n) is 3.40. The number of aromatic nitrogens is 4. The Morgan fingerprint density at radius 3 is 2.52 bits per heavy atom. The Labute approximate surface area is 188 Å². The van der Waals surface area contributed by atoms with Gasteiger partial charge >= 0.3 is 0 Å². The molecule has 0 spiro atoms. The zero-order valence-corrected chi connectivity index (χ0v) is 19.1. The smallest absolute Gasteiger partial charge is 0.256 e. The van der Waals surface area contributed by atoms with E-state index in [-0.39, 0.29) is 5.56 Å². The molecule has 0 amide bonds. The third-order valence-corrected chi connectivity index (χ3v) is 5.46. The van der Waals surface area contributed by atoms with Crippen molar-refractivity contribution in [3.8, 4) is 5.75 Å². The Balaban J connectivity index is 1.65. The van der Waals surface area contributed by atoms with Crippen molar-refractivity contribution in [3.05, 3.63) is 79.8 Å². The number of hydrogen-bond donors (Lipinski definition) is 2. The molecule has 4 rings (SSSR count). The highest BCUT2D eigenvalue weighted by molar-refractivity contribution is 9.10. The van der Waals surface area contributed by atoms with E-state index in [1.807, 2.05) is 63.2 Å². The molecule has 2 aromatic carbocycles. The summed E-state index contributed by atoms with van der Waals surface area (Å²) in [5.74, 6) is 1.34. The maximum absolute atomic E-state index is 12.7. The van der Waals surface area contributed by atoms with Crippen molar-refractivity contribution in [1.29, 1.82) is 0 Å². The predicted molar refractivity (Wildman–Crippen MR) is 125 cm³/mol. The van der Waals surface area contributed by atoms with Crippen LogP contribution < -0.4 is 15.6 Å². The molecule has 0 bridgehead atoms. The van der Waals surface area contributed by atoms with Gasteiger partial charge in [-0.15, -0.1) is 0 Å². The van der Waals surface area contributed by atoms with Crippen LogP contribution in [0.5, 0.6) is 5.75 Å². The van der Waals surface area contributed by atoms with E-state index in [0.717, 1.165) is 21.1 Å². The number of fused-ring (bicyclic) bond motifs is 1. The number of nitrogens with one attached hydrogen (secondary N) is 2. The minimum Gasteiger partial charge on any atom is -0.492 e. The first-order valence-electron chi connectivity index (χ1n) is 9.96. The molecule has 8 heteroatoms. The summed E-state index contributed by atoms with van der Waals surface area (Å²) in [6.07, 6.45) is 0.505. The molecule has 2 N–H and O–H groups in total. The summed E-state index contributed by atoms with van der Waals surface area (Å²) in [6, 6.07) is 13.6. The van der Waals surface area contributed by atoms with Crippen molar-refractivity contribution in [2.75, 3.05) is 11.9 Å². The molecule has 0 saturated heterocycles. The topological polar surface area (TPSA) is 92.8 Å². The van der Waals surface area contributed by atoms with Gasteiger partial charge in [0.1, 0.15) is 11.3 Å². The summed E-state index contributed by atoms with van der Waals surface area (Å²) in [7, 11) is 0. The molecule has 0 atom stereocenters. The second-order valence-corrected chi connectivity index (χ2v) is 8.04. The average molecular weight is 480 g/mol. The van der Waals surface area contributed by atoms with Crippen LogP contribution in [0, 0.1) is 13.8 Å². The van der Waals surface area contributed by atoms with Crippen LogP contribution in [0.2, 0.25) is 0 Å². The number of aromatic amines is 1. The first-order chi connectivity index (χ1) is 14.9. The number of rotatable bonds is 6. The van der Waals surface area contributed by atoms with Gasteiger partial charge in [0, 0.05) is 21.8 Å². The van der Waals surface area contributed by atoms with Crippen LogP contribution in [0.1, 0.15) is 29.4 Å². The van der Waals surface area contributed by atoms with Gasteiger partial charge < -0.3 is 4.74 Å². The van der Waals surface area contributed by atoms with Gasteiger partial charge in [-0.1, -0.05) is 40.2 Å². The quantitative estimate of drug-likeness (QED) is 0.411. The molecule has 0 radical (unpaired) electrons. The Bertz CT molecular complexity index is 1300. The van der Waals surface area contributed by atoms with E-state index in [1.54, 1.807) is 0 Å². The summed E-state index contributed by atoms with van der Waals surface area (Å²) in [5, 5.41) is 3.95. The predicted octanol–water partition coefficient (Wildman–Crippen LogP) is 4.83. The number of nitrogens with zero attached hydrogens (tertiary/aromatic N) is 3. The zero-order valence-electron chi connectivity index (χ0n) is 17.5. The molecule has 0 unspecified atom stereocenters. The van der Waals surface area contributed by atoms with Crippen molar-refractivity contribution in [2.45, 2.75) is 27.2 Å². The molecular formula is C23H22BrN5O2. The Hall–Kier alpha value is -3.26. The highest BCUT2D eigenvalue weighted by Crippen LogP contribution is 2.27. The van der Waals surface area contributed by atoms with Crippen molar-refractivity contribution < 1.29 is 4.74 Å². The lowest BCUT2D eigenvalue weighted by molar-refractivity contribution is 0.343. The van der Waals surface area contributed by atoms with E-state index >= 15 is 0 Å². The molecular weight excluding hydrogens is 458 g/mol. The van der Waals surface area contributed by atoms with E-state index in [1.165, 1.54) is 0 Å². The number of para-hydroxylation sites is 1. The second-order valence-electron chi connectivity index (χ2n) is 7.12. The molecule has 2 aromatic heterocycles. The van der Waals surface area contributed by atoms with Gasteiger partial charge in [-0.3, -0.25) is 15.1 Å². The Morgan fingerprint density at radius 1 is 1.03 bits per heavy atom. The van der Waals surface area contributed by atoms with E-state index < -0.39 is 0 Å². The number of benzene rings is 2. The van der Waals surface area contributed by atoms with Crippen molar-refractivity contribution in [3.63, 3.8) is 0 Å². The Kier molecular flexibility index (Phi) is 5.99. The van der Waals surface area contributed by atoms with Crippen LogP contribution in [-0.2, 0) is 6.42 Å². The van der Waals surface area contributed by atoms with Gasteiger partial charge in [-0.2, -0.15) is 0 Å². The summed E-state index contributed by atoms with van der Waals surface area (Å²) in [4.78, 5) is 29.2. The summed E-state index contributed by atoms with van der Waals surface area (Å²) in [6.45, 7) is 6.21. The molecule has 0 aliphatic heterocycles. The number of hydrogen-bond acceptors (Lipinski definition) is 6. The zero-order chi connectivity index (χ0) is 22.0. The lowest BCUT2D eigenvalue weighted by atomic mass is 10.1. The summed E-state index contributed by atoms with van der Waals surface area (Å²) < 4.78 is 6.70. The summed E-state index contributed by atoms with van der Waals surface area (Å²) in [5.41, 5.74) is 3.65. The third-order valence-electron chi connectivity index (χ3n) is 4.93. The van der Waals surface area contributed by atoms with Gasteiger partial charge in [-0.05, 0) is 44.5 Å². The number of halogens is 1. The van der Waals surface area contributed by atoms with Gasteiger partial charge in [0.25, 0.3) is 5.56 Å². The first kappa shape index (κ1) is 21.0. The molecule has 158 valence electrons. The minimum atomic E-state index is -0.189. The number of ether oxygens (including phenoxy) is 1. The highest BCUT2D eigenvalue weighted by atomic mass is 79.9. The van der Waals surface area contributed by atoms with Gasteiger partial charge in [0.15, 0.2) is 0 Å². The Morgan fingerprint density at radius 2 is 1.81 bits per heavy atom. The SMILES string of the molecule is CCOc1cccc2c(C)nc(Nc3nc(C)c(Cc4ccc(Br)cc4)c(=O)[nH]3)nc12. The molecule has 7 nitrogen and oxygen atoms in total. The molecule has 2 heterocycles. The molecule has 31 heavy (non-hydrogen) atoms. The first-order valence-corrected chi connectivity index (χ1v) is 10.8. The van der Waals surface area contributed by atoms with Crippen LogP contribution >= 0.6 is 15.9 Å². The number of anilines is 2. The van der Waals surface area contributed by atoms with Crippen LogP contribution in [0.3, 0.4) is 0 Å². The van der Waals surface area contributed by atoms with Crippen molar-refractivity contribution in [1.82, 2.24) is 19.9 Å². The lowest BCUT2D eigenvalue weighted by Gasteiger charge is -2.12. The van der Waals surface area contributed by atoms with Crippen molar-refractivity contribution >= 4 is 38.7 Å². The highest BCUT2D eigenvalue weighted by Gasteiger charge is 2.13. The molecule has 4 aromatic rings. The third kappa shape index (κ3) is 4.59. The van der Waals surface area contributed by atoms with Crippen LogP contribution in [-0.4, -0.2) is 26.5 Å². The standard InChI is InChI=1S/C23H22BrN5O2/c1-4-31-19-7-5-6-17-13(2)25-22(27-20(17)19)29-23-26-14(3)18(21(30)28-23)12-15-8-10-16(24)11-9-15/h5-11H,4,12H2,1-3H3,(H2,25,26,27,28,29,30). The van der Waals surface area contributed by atoms with Crippen LogP contribution in [0.15, 0.2) is 51.7 Å². The second kappa shape index (κ2) is 8.85. The lowest BCUT2D eigenvalue weighted by Crippen LogP contribution is -2.19. The number of aryl methyl sites for hydroxylation is 2. The normalized spacial score (nSPS) is 11.0. The van der Waals surface area contributed by atoms with E-state index in [0.29, 0.717) is 47.4 Å².